The van der Waals surface area contributed by atoms with E-state index in [4.69, 9.17) is 9.72 Å². The van der Waals surface area contributed by atoms with Crippen molar-refractivity contribution in [2.45, 2.75) is 12.8 Å². The molecule has 0 spiro atoms. The van der Waals surface area contributed by atoms with E-state index in [1.165, 1.54) is 5.56 Å². The first-order valence-electron chi connectivity index (χ1n) is 9.66. The van der Waals surface area contributed by atoms with Crippen LogP contribution in [0.3, 0.4) is 0 Å². The number of imidazole rings is 1. The zero-order valence-electron chi connectivity index (χ0n) is 16.3. The van der Waals surface area contributed by atoms with Gasteiger partial charge in [-0.05, 0) is 48.4 Å². The highest BCUT2D eigenvalue weighted by atomic mass is 16.5. The summed E-state index contributed by atoms with van der Waals surface area (Å²) >= 11 is 0. The van der Waals surface area contributed by atoms with Crippen LogP contribution in [0.1, 0.15) is 11.4 Å². The van der Waals surface area contributed by atoms with E-state index in [1.807, 2.05) is 72.8 Å². The molecule has 0 fully saturated rings. The Labute approximate surface area is 170 Å². The number of nitrogens with zero attached hydrogens (tertiary/aromatic N) is 2. The second kappa shape index (κ2) is 8.61. The van der Waals surface area contributed by atoms with Gasteiger partial charge in [-0.25, -0.2) is 4.98 Å². The summed E-state index contributed by atoms with van der Waals surface area (Å²) in [6, 6.07) is 25.4. The van der Waals surface area contributed by atoms with E-state index in [9.17, 15) is 4.79 Å². The number of hydrogen-bond donors (Lipinski definition) is 1. The Morgan fingerprint density at radius 1 is 0.931 bits per heavy atom. The normalized spacial score (nSPS) is 10.8. The molecule has 0 radical (unpaired) electrons. The quantitative estimate of drug-likeness (QED) is 0.514. The molecule has 5 nitrogen and oxygen atoms in total. The van der Waals surface area contributed by atoms with Crippen molar-refractivity contribution in [1.29, 1.82) is 0 Å². The number of aromatic nitrogens is 2. The third kappa shape index (κ3) is 4.63. The Hall–Kier alpha value is -3.60. The summed E-state index contributed by atoms with van der Waals surface area (Å²) in [5.74, 6) is 1.57. The standard InChI is InChI=1S/C24H23N3O2/c1-27-22-10-6-5-9-21(22)26-23(27)16-13-18-11-14-19(15-12-18)25-24(28)17-29-20-7-3-2-4-8-20/h2-12,14-15H,13,16-17H2,1H3,(H,25,28). The molecule has 0 aliphatic heterocycles. The predicted molar refractivity (Wildman–Crippen MR) is 115 cm³/mol. The fourth-order valence-corrected chi connectivity index (χ4v) is 3.29. The third-order valence-corrected chi connectivity index (χ3v) is 4.87. The molecule has 5 heteroatoms. The molecule has 0 unspecified atom stereocenters. The number of aryl methyl sites for hydroxylation is 3. The van der Waals surface area contributed by atoms with Crippen molar-refractivity contribution in [3.8, 4) is 5.75 Å². The highest BCUT2D eigenvalue weighted by Gasteiger charge is 2.08. The number of carbonyl (C=O) groups is 1. The number of hydrogen-bond acceptors (Lipinski definition) is 3. The van der Waals surface area contributed by atoms with Gasteiger partial charge in [0.15, 0.2) is 6.61 Å². The lowest BCUT2D eigenvalue weighted by Gasteiger charge is -2.08. The van der Waals surface area contributed by atoms with E-state index in [0.29, 0.717) is 5.75 Å². The fraction of sp³-hybridized carbons (Fsp3) is 0.167. The maximum absolute atomic E-state index is 12.1. The van der Waals surface area contributed by atoms with Crippen LogP contribution in [0.4, 0.5) is 5.69 Å². The van der Waals surface area contributed by atoms with Crippen molar-refractivity contribution in [3.63, 3.8) is 0 Å². The van der Waals surface area contributed by atoms with Gasteiger partial charge >= 0.3 is 0 Å². The van der Waals surface area contributed by atoms with Gasteiger partial charge in [-0.3, -0.25) is 4.79 Å². The maximum atomic E-state index is 12.1. The Bertz CT molecular complexity index is 1100. The van der Waals surface area contributed by atoms with E-state index in [-0.39, 0.29) is 12.5 Å². The third-order valence-electron chi connectivity index (χ3n) is 4.87. The van der Waals surface area contributed by atoms with E-state index < -0.39 is 0 Å². The van der Waals surface area contributed by atoms with Gasteiger partial charge in [0.2, 0.25) is 0 Å². The van der Waals surface area contributed by atoms with E-state index in [0.717, 1.165) is 35.4 Å². The molecule has 1 heterocycles. The molecule has 0 saturated heterocycles. The number of ether oxygens (including phenoxy) is 1. The van der Waals surface area contributed by atoms with Crippen molar-refractivity contribution in [3.05, 3.63) is 90.3 Å². The van der Waals surface area contributed by atoms with Crippen LogP contribution < -0.4 is 10.1 Å². The fourth-order valence-electron chi connectivity index (χ4n) is 3.29. The molecule has 4 aromatic rings. The van der Waals surface area contributed by atoms with Gasteiger partial charge in [0.05, 0.1) is 11.0 Å². The summed E-state index contributed by atoms with van der Waals surface area (Å²) in [7, 11) is 2.06. The van der Waals surface area contributed by atoms with Gasteiger partial charge in [0.1, 0.15) is 11.6 Å². The topological polar surface area (TPSA) is 56.2 Å². The van der Waals surface area contributed by atoms with Crippen molar-refractivity contribution in [2.75, 3.05) is 11.9 Å². The molecule has 0 aliphatic carbocycles. The average molecular weight is 385 g/mol. The van der Waals surface area contributed by atoms with E-state index >= 15 is 0 Å². The van der Waals surface area contributed by atoms with Gasteiger partial charge in [-0.1, -0.05) is 42.5 Å². The molecule has 146 valence electrons. The molecule has 1 amide bonds. The Morgan fingerprint density at radius 3 is 2.41 bits per heavy atom. The van der Waals surface area contributed by atoms with Gasteiger partial charge in [-0.2, -0.15) is 0 Å². The van der Waals surface area contributed by atoms with Crippen LogP contribution in [-0.4, -0.2) is 22.1 Å². The summed E-state index contributed by atoms with van der Waals surface area (Å²) in [4.78, 5) is 16.8. The summed E-state index contributed by atoms with van der Waals surface area (Å²) in [5, 5.41) is 2.86. The van der Waals surface area contributed by atoms with Crippen LogP contribution >= 0.6 is 0 Å². The van der Waals surface area contributed by atoms with Crippen molar-refractivity contribution < 1.29 is 9.53 Å². The van der Waals surface area contributed by atoms with Crippen molar-refractivity contribution in [1.82, 2.24) is 9.55 Å². The SMILES string of the molecule is Cn1c(CCc2ccc(NC(=O)COc3ccccc3)cc2)nc2ccccc21. The minimum atomic E-state index is -0.179. The number of amides is 1. The smallest absolute Gasteiger partial charge is 0.262 e. The minimum Gasteiger partial charge on any atom is -0.484 e. The number of anilines is 1. The van der Waals surface area contributed by atoms with Crippen LogP contribution in [0.2, 0.25) is 0 Å². The molecule has 0 atom stereocenters. The molecule has 1 N–H and O–H groups in total. The van der Waals surface area contributed by atoms with E-state index in [2.05, 4.69) is 23.0 Å². The molecule has 0 saturated carbocycles. The lowest BCUT2D eigenvalue weighted by molar-refractivity contribution is -0.118. The number of benzene rings is 3. The minimum absolute atomic E-state index is 0.0154. The lowest BCUT2D eigenvalue weighted by atomic mass is 10.1. The molecule has 1 aromatic heterocycles. The number of nitrogens with one attached hydrogen (secondary N) is 1. The second-order valence-electron chi connectivity index (χ2n) is 6.92. The van der Waals surface area contributed by atoms with E-state index in [1.54, 1.807) is 0 Å². The maximum Gasteiger partial charge on any atom is 0.262 e. The largest absolute Gasteiger partial charge is 0.484 e. The lowest BCUT2D eigenvalue weighted by Crippen LogP contribution is -2.20. The molecule has 4 rings (SSSR count). The zero-order chi connectivity index (χ0) is 20.1. The Balaban J connectivity index is 1.30. The second-order valence-corrected chi connectivity index (χ2v) is 6.92. The first-order chi connectivity index (χ1) is 14.2. The predicted octanol–water partition coefficient (Wildman–Crippen LogP) is 4.38. The van der Waals surface area contributed by atoms with Crippen LogP contribution in [0.5, 0.6) is 5.75 Å². The van der Waals surface area contributed by atoms with Crippen molar-refractivity contribution >= 4 is 22.6 Å². The monoisotopic (exact) mass is 385 g/mol. The zero-order valence-corrected chi connectivity index (χ0v) is 16.3. The van der Waals surface area contributed by atoms with Gasteiger partial charge < -0.3 is 14.6 Å². The molecule has 29 heavy (non-hydrogen) atoms. The first-order valence-corrected chi connectivity index (χ1v) is 9.66. The summed E-state index contributed by atoms with van der Waals surface area (Å²) in [5.41, 5.74) is 4.15. The number of para-hydroxylation sites is 3. The van der Waals surface area contributed by atoms with Crippen molar-refractivity contribution in [2.24, 2.45) is 7.05 Å². The average Bonchev–Trinajstić information content (AvgIpc) is 3.08. The van der Waals surface area contributed by atoms with Crippen LogP contribution in [0.15, 0.2) is 78.9 Å². The molecular formula is C24H23N3O2. The van der Waals surface area contributed by atoms with Crippen LogP contribution in [-0.2, 0) is 24.7 Å². The van der Waals surface area contributed by atoms with Gasteiger partial charge in [-0.15, -0.1) is 0 Å². The number of rotatable bonds is 7. The summed E-state index contributed by atoms with van der Waals surface area (Å²) in [6.07, 6.45) is 1.75. The van der Waals surface area contributed by atoms with Crippen LogP contribution in [0, 0.1) is 0 Å². The van der Waals surface area contributed by atoms with Crippen LogP contribution in [0.25, 0.3) is 11.0 Å². The number of fused-ring (bicyclic) bond motifs is 1. The summed E-state index contributed by atoms with van der Waals surface area (Å²) in [6.45, 7) is -0.0154. The molecule has 3 aromatic carbocycles. The summed E-state index contributed by atoms with van der Waals surface area (Å²) < 4.78 is 7.62. The highest BCUT2D eigenvalue weighted by molar-refractivity contribution is 5.91. The number of carbonyl (C=O) groups excluding carboxylic acids is 1. The molecule has 0 aliphatic rings. The first kappa shape index (κ1) is 18.7. The molecular weight excluding hydrogens is 362 g/mol. The Morgan fingerprint density at radius 2 is 1.66 bits per heavy atom. The molecule has 0 bridgehead atoms. The van der Waals surface area contributed by atoms with Gasteiger partial charge in [0, 0.05) is 19.2 Å². The van der Waals surface area contributed by atoms with Gasteiger partial charge in [0.25, 0.3) is 5.91 Å². The highest BCUT2D eigenvalue weighted by Crippen LogP contribution is 2.17. The Kier molecular flexibility index (Phi) is 5.56.